The van der Waals surface area contributed by atoms with E-state index >= 15 is 0 Å². The maximum atomic E-state index is 12.7. The Bertz CT molecular complexity index is 1320. The number of nitrogens with one attached hydrogen (secondary N) is 1. The molecule has 0 aliphatic heterocycles. The smallest absolute Gasteiger partial charge is 0.339 e. The number of rotatable bonds is 5. The molecule has 0 spiro atoms. The Morgan fingerprint density at radius 2 is 1.85 bits per heavy atom. The summed E-state index contributed by atoms with van der Waals surface area (Å²) in [6.07, 6.45) is 5.34. The van der Waals surface area contributed by atoms with Gasteiger partial charge in [0, 0.05) is 22.0 Å². The number of hydrogen-bond acceptors (Lipinski definition) is 4. The van der Waals surface area contributed by atoms with Gasteiger partial charge in [0.25, 0.3) is 5.91 Å². The van der Waals surface area contributed by atoms with Crippen molar-refractivity contribution in [1.29, 1.82) is 5.26 Å². The van der Waals surface area contributed by atoms with Gasteiger partial charge in [-0.1, -0.05) is 17.7 Å². The number of nitrogens with zero attached hydrogens (tertiary/aromatic N) is 2. The predicted molar refractivity (Wildman–Crippen MR) is 130 cm³/mol. The number of aromatic nitrogens is 1. The maximum Gasteiger partial charge on any atom is 0.339 e. The van der Waals surface area contributed by atoms with E-state index in [0.717, 1.165) is 53.1 Å². The molecule has 0 saturated heterocycles. The summed E-state index contributed by atoms with van der Waals surface area (Å²) in [6, 6.07) is 11.2. The molecule has 0 bridgehead atoms. The number of carboxylic acid groups (broad SMARTS) is 1. The van der Waals surface area contributed by atoms with E-state index < -0.39 is 11.9 Å². The van der Waals surface area contributed by atoms with Crippen molar-refractivity contribution < 1.29 is 14.7 Å². The summed E-state index contributed by atoms with van der Waals surface area (Å²) in [5.74, 6) is -1.40. The van der Waals surface area contributed by atoms with Crippen molar-refractivity contribution in [1.82, 2.24) is 4.57 Å². The monoisotopic (exact) mass is 459 g/mol. The number of carboxylic acids is 1. The first-order chi connectivity index (χ1) is 15.8. The summed E-state index contributed by atoms with van der Waals surface area (Å²) < 4.78 is 1.94. The number of benzene rings is 1. The van der Waals surface area contributed by atoms with Crippen molar-refractivity contribution in [3.63, 3.8) is 0 Å². The van der Waals surface area contributed by atoms with Gasteiger partial charge in [-0.25, -0.2) is 4.79 Å². The summed E-state index contributed by atoms with van der Waals surface area (Å²) >= 11 is 1.54. The Balaban J connectivity index is 1.72. The molecule has 2 heterocycles. The van der Waals surface area contributed by atoms with E-state index in [-0.39, 0.29) is 5.57 Å². The van der Waals surface area contributed by atoms with E-state index in [9.17, 15) is 20.0 Å². The predicted octanol–water partition coefficient (Wildman–Crippen LogP) is 5.59. The molecule has 1 aliphatic rings. The molecule has 2 aromatic heterocycles. The molecule has 1 amide bonds. The first-order valence-electron chi connectivity index (χ1n) is 10.9. The molecule has 1 aliphatic carbocycles. The lowest BCUT2D eigenvalue weighted by molar-refractivity contribution is -0.112. The third-order valence-corrected chi connectivity index (χ3v) is 7.29. The largest absolute Gasteiger partial charge is 0.478 e. The number of carbonyl (C=O) groups is 2. The average Bonchev–Trinajstić information content (AvgIpc) is 3.29. The van der Waals surface area contributed by atoms with Crippen molar-refractivity contribution in [3.8, 4) is 11.1 Å². The van der Waals surface area contributed by atoms with E-state index in [2.05, 4.69) is 5.32 Å². The molecule has 1 aromatic carbocycles. The van der Waals surface area contributed by atoms with Crippen LogP contribution in [0.2, 0.25) is 0 Å². The van der Waals surface area contributed by atoms with Crippen LogP contribution in [-0.2, 0) is 17.6 Å². The van der Waals surface area contributed by atoms with Gasteiger partial charge in [-0.2, -0.15) is 5.26 Å². The third-order valence-electron chi connectivity index (χ3n) is 6.01. The molecule has 0 fully saturated rings. The van der Waals surface area contributed by atoms with Crippen LogP contribution in [0.1, 0.15) is 56.2 Å². The second-order valence-electron chi connectivity index (χ2n) is 8.35. The van der Waals surface area contributed by atoms with Crippen LogP contribution < -0.4 is 5.32 Å². The van der Waals surface area contributed by atoms with Gasteiger partial charge in [-0.05, 0) is 81.9 Å². The second kappa shape index (κ2) is 9.08. The molecule has 3 aromatic rings. The highest BCUT2D eigenvalue weighted by molar-refractivity contribution is 7.15. The lowest BCUT2D eigenvalue weighted by Gasteiger charge is -2.11. The number of nitriles is 1. The Labute approximate surface area is 196 Å². The van der Waals surface area contributed by atoms with Gasteiger partial charge in [-0.3, -0.25) is 4.79 Å². The van der Waals surface area contributed by atoms with Crippen LogP contribution in [0.5, 0.6) is 0 Å². The van der Waals surface area contributed by atoms with Crippen molar-refractivity contribution >= 4 is 35.0 Å². The topological polar surface area (TPSA) is 95.1 Å². The van der Waals surface area contributed by atoms with E-state index in [1.54, 1.807) is 18.2 Å². The highest BCUT2D eigenvalue weighted by Gasteiger charge is 2.27. The first-order valence-corrected chi connectivity index (χ1v) is 11.7. The van der Waals surface area contributed by atoms with Crippen molar-refractivity contribution in [2.75, 3.05) is 5.32 Å². The molecule has 0 unspecified atom stereocenters. The molecule has 0 radical (unpaired) electrons. The van der Waals surface area contributed by atoms with Crippen LogP contribution in [0, 0.1) is 32.1 Å². The number of hydrogen-bond donors (Lipinski definition) is 2. The summed E-state index contributed by atoms with van der Waals surface area (Å²) in [5, 5.41) is 23.0. The van der Waals surface area contributed by atoms with Crippen LogP contribution in [0.25, 0.3) is 11.1 Å². The summed E-state index contributed by atoms with van der Waals surface area (Å²) in [6.45, 7) is 5.75. The molecule has 4 rings (SSSR count). The van der Waals surface area contributed by atoms with Gasteiger partial charge in [0.2, 0.25) is 0 Å². The summed E-state index contributed by atoms with van der Waals surface area (Å²) in [7, 11) is 0. The third kappa shape index (κ3) is 4.35. The minimum absolute atomic E-state index is 0.0141. The minimum atomic E-state index is -0.913. The van der Waals surface area contributed by atoms with Crippen LogP contribution in [0.4, 0.5) is 5.69 Å². The fourth-order valence-corrected chi connectivity index (χ4v) is 5.81. The number of aryl methyl sites for hydroxylation is 3. The van der Waals surface area contributed by atoms with Crippen molar-refractivity contribution in [2.45, 2.75) is 46.5 Å². The molecule has 2 N–H and O–H groups in total. The Morgan fingerprint density at radius 1 is 1.15 bits per heavy atom. The van der Waals surface area contributed by atoms with Crippen LogP contribution in [-0.4, -0.2) is 21.6 Å². The fraction of sp³-hybridized carbons (Fsp3) is 0.269. The summed E-state index contributed by atoms with van der Waals surface area (Å²) in [4.78, 5) is 26.0. The normalized spacial score (nSPS) is 13.3. The fourth-order valence-electron chi connectivity index (χ4n) is 4.32. The van der Waals surface area contributed by atoms with Gasteiger partial charge in [0.15, 0.2) is 0 Å². The Hall–Kier alpha value is -3.63. The lowest BCUT2D eigenvalue weighted by atomic mass is 9.95. The standard InChI is InChI=1S/C26H25N3O3S/c1-15-8-10-20(11-9-15)28-24(30)19(14-27)13-18-12-16(2)29(17(18)3)25-23(26(31)32)21-6-4-5-7-22(21)33-25/h8-13H,4-7H2,1-3H3,(H,28,30)(H,31,32). The van der Waals surface area contributed by atoms with E-state index in [4.69, 9.17) is 0 Å². The van der Waals surface area contributed by atoms with Crippen LogP contribution in [0.15, 0.2) is 35.9 Å². The Kier molecular flexibility index (Phi) is 6.21. The molecule has 6 nitrogen and oxygen atoms in total. The number of fused-ring (bicyclic) bond motifs is 1. The first kappa shape index (κ1) is 22.6. The Morgan fingerprint density at radius 3 is 2.52 bits per heavy atom. The van der Waals surface area contributed by atoms with Gasteiger partial charge in [0.1, 0.15) is 16.6 Å². The molecule has 0 atom stereocenters. The SMILES string of the molecule is Cc1ccc(NC(=O)C(C#N)=Cc2cc(C)n(-c3sc4c(c3C(=O)O)CCCC4)c2C)cc1. The summed E-state index contributed by atoms with van der Waals surface area (Å²) in [5.41, 5.74) is 5.38. The van der Waals surface area contributed by atoms with Crippen molar-refractivity contribution in [2.24, 2.45) is 0 Å². The van der Waals surface area contributed by atoms with Crippen LogP contribution in [0.3, 0.4) is 0 Å². The molecule has 7 heteroatoms. The number of thiophene rings is 1. The second-order valence-corrected chi connectivity index (χ2v) is 9.43. The highest BCUT2D eigenvalue weighted by atomic mass is 32.1. The molecular weight excluding hydrogens is 434 g/mol. The average molecular weight is 460 g/mol. The van der Waals surface area contributed by atoms with Gasteiger partial charge >= 0.3 is 5.97 Å². The highest BCUT2D eigenvalue weighted by Crippen LogP contribution is 2.39. The van der Waals surface area contributed by atoms with Gasteiger partial charge in [-0.15, -0.1) is 11.3 Å². The zero-order chi connectivity index (χ0) is 23.7. The molecular formula is C26H25N3O3S. The van der Waals surface area contributed by atoms with Gasteiger partial charge < -0.3 is 15.0 Å². The van der Waals surface area contributed by atoms with E-state index in [0.29, 0.717) is 21.8 Å². The molecule has 33 heavy (non-hydrogen) atoms. The van der Waals surface area contributed by atoms with Crippen LogP contribution >= 0.6 is 11.3 Å². The van der Waals surface area contributed by atoms with E-state index in [1.807, 2.05) is 49.6 Å². The number of amides is 1. The molecule has 0 saturated carbocycles. The zero-order valence-corrected chi connectivity index (χ0v) is 19.7. The number of anilines is 1. The molecule has 168 valence electrons. The van der Waals surface area contributed by atoms with Gasteiger partial charge in [0.05, 0.1) is 5.56 Å². The number of carbonyl (C=O) groups excluding carboxylic acids is 1. The maximum absolute atomic E-state index is 12.7. The van der Waals surface area contributed by atoms with E-state index in [1.165, 1.54) is 11.3 Å². The minimum Gasteiger partial charge on any atom is -0.478 e. The zero-order valence-electron chi connectivity index (χ0n) is 18.9. The number of aromatic carboxylic acids is 1. The lowest BCUT2D eigenvalue weighted by Crippen LogP contribution is -2.13. The van der Waals surface area contributed by atoms with Crippen molar-refractivity contribution in [3.05, 3.63) is 74.4 Å². The quantitative estimate of drug-likeness (QED) is 0.384.